The predicted octanol–water partition coefficient (Wildman–Crippen LogP) is 5.78. The summed E-state index contributed by atoms with van der Waals surface area (Å²) in [5.41, 5.74) is 4.67. The van der Waals surface area contributed by atoms with E-state index in [1.807, 2.05) is 31.2 Å². The fourth-order valence-electron chi connectivity index (χ4n) is 4.73. The van der Waals surface area contributed by atoms with E-state index in [4.69, 9.17) is 5.11 Å². The molecule has 1 amide bonds. The number of pyridine rings is 2. The number of hydrogen-bond acceptors (Lipinski definition) is 6. The van der Waals surface area contributed by atoms with Crippen LogP contribution in [0.3, 0.4) is 0 Å². The van der Waals surface area contributed by atoms with Crippen LogP contribution in [0.4, 0.5) is 17.2 Å². The van der Waals surface area contributed by atoms with E-state index in [2.05, 4.69) is 15.6 Å². The lowest BCUT2D eigenvalue weighted by atomic mass is 10.00. The van der Waals surface area contributed by atoms with Gasteiger partial charge in [-0.05, 0) is 79.6 Å². The molecule has 0 saturated heterocycles. The highest BCUT2D eigenvalue weighted by atomic mass is 32.1. The molecule has 0 bridgehead atoms. The van der Waals surface area contributed by atoms with Gasteiger partial charge in [-0.3, -0.25) is 9.59 Å². The van der Waals surface area contributed by atoms with Gasteiger partial charge in [0.2, 0.25) is 0 Å². The maximum Gasteiger partial charge on any atom is 0.337 e. The predicted molar refractivity (Wildman–Crippen MR) is 150 cm³/mol. The number of fused-ring (bicyclic) bond motifs is 1. The molecule has 0 radical (unpaired) electrons. The lowest BCUT2D eigenvalue weighted by molar-refractivity contribution is 0.0696. The third-order valence-electron chi connectivity index (χ3n) is 6.82. The lowest BCUT2D eigenvalue weighted by Crippen LogP contribution is -2.20. The number of carbonyl (C=O) groups excluding carboxylic acids is 1. The number of aromatic carboxylic acids is 1. The van der Waals surface area contributed by atoms with Crippen molar-refractivity contribution in [2.75, 3.05) is 10.6 Å². The topological polar surface area (TPSA) is 113 Å². The van der Waals surface area contributed by atoms with Crippen molar-refractivity contribution in [3.8, 4) is 11.1 Å². The number of carboxylic acid groups (broad SMARTS) is 1. The molecule has 38 heavy (non-hydrogen) atoms. The number of hydrogen-bond donors (Lipinski definition) is 3. The van der Waals surface area contributed by atoms with Gasteiger partial charge in [0.15, 0.2) is 0 Å². The molecule has 3 heterocycles. The molecule has 8 nitrogen and oxygen atoms in total. The highest BCUT2D eigenvalue weighted by molar-refractivity contribution is 7.14. The quantitative estimate of drug-likeness (QED) is 0.274. The Kier molecular flexibility index (Phi) is 7.11. The summed E-state index contributed by atoms with van der Waals surface area (Å²) in [5.74, 6) is -0.822. The summed E-state index contributed by atoms with van der Waals surface area (Å²) in [6, 6.07) is 12.4. The second kappa shape index (κ2) is 10.6. The Balaban J connectivity index is 1.41. The monoisotopic (exact) mass is 528 g/mol. The van der Waals surface area contributed by atoms with Crippen molar-refractivity contribution in [2.45, 2.75) is 39.0 Å². The molecule has 9 heteroatoms. The summed E-state index contributed by atoms with van der Waals surface area (Å²) in [4.78, 5) is 43.2. The minimum absolute atomic E-state index is 0.0601. The van der Waals surface area contributed by atoms with Crippen LogP contribution in [0.15, 0.2) is 59.7 Å². The fourth-order valence-corrected chi connectivity index (χ4v) is 5.88. The third kappa shape index (κ3) is 5.24. The summed E-state index contributed by atoms with van der Waals surface area (Å²) in [6.07, 6.45) is 8.66. The number of carboxylic acids is 1. The van der Waals surface area contributed by atoms with Crippen molar-refractivity contribution in [2.24, 2.45) is 7.05 Å². The summed E-state index contributed by atoms with van der Waals surface area (Å²) < 4.78 is 1.48. The molecule has 4 aromatic rings. The van der Waals surface area contributed by atoms with Crippen molar-refractivity contribution in [3.63, 3.8) is 0 Å². The van der Waals surface area contributed by atoms with Gasteiger partial charge in [-0.2, -0.15) is 0 Å². The number of carbonyl (C=O) groups is 2. The molecular formula is C29H28N4O4S. The van der Waals surface area contributed by atoms with Gasteiger partial charge in [0.05, 0.1) is 10.4 Å². The Morgan fingerprint density at radius 3 is 2.63 bits per heavy atom. The van der Waals surface area contributed by atoms with E-state index < -0.39 is 5.97 Å². The molecule has 3 N–H and O–H groups in total. The maximum absolute atomic E-state index is 13.1. The van der Waals surface area contributed by atoms with Gasteiger partial charge < -0.3 is 20.3 Å². The first kappa shape index (κ1) is 25.4. The van der Waals surface area contributed by atoms with Crippen molar-refractivity contribution in [1.82, 2.24) is 9.55 Å². The molecule has 1 aliphatic carbocycles. The standard InChI is InChI=1S/C29H28N4O4S/c1-17-21(8-6-9-22(17)32-27(34)25-14-18-7-4-3-5-10-24(18)38-25)20-13-23(28(35)33(2)16-20)31-26-12-11-19(15-30-26)29(36)37/h6,8-9,11-16H,3-5,7,10H2,1-2H3,(H,30,31)(H,32,34)(H,36,37). The Hall–Kier alpha value is -4.24. The molecule has 0 spiro atoms. The van der Waals surface area contributed by atoms with Crippen molar-refractivity contribution in [3.05, 3.63) is 91.7 Å². The second-order valence-corrected chi connectivity index (χ2v) is 10.6. The largest absolute Gasteiger partial charge is 0.478 e. The fraction of sp³-hybridized carbons (Fsp3) is 0.241. The van der Waals surface area contributed by atoms with Gasteiger partial charge in [0.25, 0.3) is 11.5 Å². The molecule has 194 valence electrons. The van der Waals surface area contributed by atoms with Crippen molar-refractivity contribution in [1.29, 1.82) is 0 Å². The first-order valence-electron chi connectivity index (χ1n) is 12.5. The van der Waals surface area contributed by atoms with Crippen LogP contribution in [0.25, 0.3) is 11.1 Å². The van der Waals surface area contributed by atoms with Gasteiger partial charge >= 0.3 is 5.97 Å². The Labute approximate surface area is 224 Å². The molecule has 1 aliphatic rings. The maximum atomic E-state index is 13.1. The SMILES string of the molecule is Cc1c(NC(=O)c2cc3c(s2)CCCCC3)cccc1-c1cc(Nc2ccc(C(=O)O)cn2)c(=O)n(C)c1. The number of aromatic nitrogens is 2. The number of amides is 1. The molecule has 0 saturated carbocycles. The zero-order chi connectivity index (χ0) is 26.8. The number of thiophene rings is 1. The van der Waals surface area contributed by atoms with Crippen LogP contribution >= 0.6 is 11.3 Å². The summed E-state index contributed by atoms with van der Waals surface area (Å²) in [6.45, 7) is 1.94. The van der Waals surface area contributed by atoms with Gasteiger partial charge in [-0.15, -0.1) is 11.3 Å². The van der Waals surface area contributed by atoms with Crippen LogP contribution < -0.4 is 16.2 Å². The molecule has 0 fully saturated rings. The van der Waals surface area contributed by atoms with Crippen LogP contribution in [-0.4, -0.2) is 26.5 Å². The van der Waals surface area contributed by atoms with Crippen LogP contribution in [-0.2, 0) is 19.9 Å². The second-order valence-electron chi connectivity index (χ2n) is 9.47. The molecule has 0 atom stereocenters. The average Bonchev–Trinajstić information content (AvgIpc) is 3.18. The molecule has 1 aromatic carbocycles. The van der Waals surface area contributed by atoms with Crippen LogP contribution in [0.2, 0.25) is 0 Å². The van der Waals surface area contributed by atoms with E-state index in [0.29, 0.717) is 17.2 Å². The van der Waals surface area contributed by atoms with Gasteiger partial charge in [-0.1, -0.05) is 18.6 Å². The van der Waals surface area contributed by atoms with E-state index in [9.17, 15) is 14.4 Å². The van der Waals surface area contributed by atoms with Gasteiger partial charge in [0, 0.05) is 35.6 Å². The summed E-state index contributed by atoms with van der Waals surface area (Å²) in [5, 5.41) is 15.2. The zero-order valence-corrected chi connectivity index (χ0v) is 22.0. The smallest absolute Gasteiger partial charge is 0.337 e. The number of rotatable bonds is 6. The van der Waals surface area contributed by atoms with E-state index in [0.717, 1.165) is 34.4 Å². The zero-order valence-electron chi connectivity index (χ0n) is 21.2. The van der Waals surface area contributed by atoms with Gasteiger partial charge in [0.1, 0.15) is 11.5 Å². The Bertz CT molecular complexity index is 1560. The Morgan fingerprint density at radius 1 is 1.05 bits per heavy atom. The minimum Gasteiger partial charge on any atom is -0.478 e. The molecule has 5 rings (SSSR count). The molecule has 0 aliphatic heterocycles. The summed E-state index contributed by atoms with van der Waals surface area (Å²) >= 11 is 1.59. The number of nitrogens with zero attached hydrogens (tertiary/aromatic N) is 2. The average molecular weight is 529 g/mol. The molecule has 3 aromatic heterocycles. The minimum atomic E-state index is -1.07. The number of nitrogens with one attached hydrogen (secondary N) is 2. The van der Waals surface area contributed by atoms with Gasteiger partial charge in [-0.25, -0.2) is 9.78 Å². The number of aryl methyl sites for hydroxylation is 3. The van der Waals surface area contributed by atoms with E-state index >= 15 is 0 Å². The van der Waals surface area contributed by atoms with E-state index in [-0.39, 0.29) is 17.0 Å². The van der Waals surface area contributed by atoms with Crippen LogP contribution in [0, 0.1) is 6.92 Å². The van der Waals surface area contributed by atoms with Crippen molar-refractivity contribution < 1.29 is 14.7 Å². The lowest BCUT2D eigenvalue weighted by Gasteiger charge is -2.15. The van der Waals surface area contributed by atoms with E-state index in [1.165, 1.54) is 52.6 Å². The normalized spacial score (nSPS) is 12.9. The number of benzene rings is 1. The molecule has 0 unspecified atom stereocenters. The van der Waals surface area contributed by atoms with E-state index in [1.54, 1.807) is 30.6 Å². The molecular weight excluding hydrogens is 500 g/mol. The first-order chi connectivity index (χ1) is 18.3. The highest BCUT2D eigenvalue weighted by Crippen LogP contribution is 2.32. The summed E-state index contributed by atoms with van der Waals surface area (Å²) in [7, 11) is 1.67. The highest BCUT2D eigenvalue weighted by Gasteiger charge is 2.18. The first-order valence-corrected chi connectivity index (χ1v) is 13.3. The third-order valence-corrected chi connectivity index (χ3v) is 8.06. The van der Waals surface area contributed by atoms with Crippen LogP contribution in [0.5, 0.6) is 0 Å². The van der Waals surface area contributed by atoms with Crippen LogP contribution in [0.1, 0.15) is 55.3 Å². The Morgan fingerprint density at radius 2 is 1.87 bits per heavy atom. The number of anilines is 3. The van der Waals surface area contributed by atoms with Crippen molar-refractivity contribution >= 4 is 40.4 Å².